The van der Waals surface area contributed by atoms with Crippen LogP contribution in [-0.2, 0) is 11.2 Å². The highest BCUT2D eigenvalue weighted by atomic mass is 16.6. The Kier molecular flexibility index (Phi) is 2.56. The molecule has 0 aromatic heterocycles. The van der Waals surface area contributed by atoms with Crippen molar-refractivity contribution in [2.45, 2.75) is 19.8 Å². The number of nitro groups is 1. The molecule has 82 valence electrons. The summed E-state index contributed by atoms with van der Waals surface area (Å²) in [5, 5.41) is 10.9. The number of ketones is 1. The van der Waals surface area contributed by atoms with E-state index in [2.05, 4.69) is 0 Å². The highest BCUT2D eigenvalue weighted by Gasteiger charge is 2.19. The summed E-state index contributed by atoms with van der Waals surface area (Å²) in [5.41, 5.74) is 2.57. The Morgan fingerprint density at radius 3 is 2.69 bits per heavy atom. The number of hydrogen-bond acceptors (Lipinski definition) is 3. The summed E-state index contributed by atoms with van der Waals surface area (Å²) < 4.78 is 0. The number of nitrogens with zero attached hydrogens (tertiary/aromatic N) is 1. The molecule has 2 rings (SSSR count). The number of allylic oxidation sites excluding steroid dienone is 1. The van der Waals surface area contributed by atoms with E-state index in [4.69, 9.17) is 0 Å². The van der Waals surface area contributed by atoms with E-state index in [9.17, 15) is 14.9 Å². The Labute approximate surface area is 92.7 Å². The Bertz CT molecular complexity index is 503. The van der Waals surface area contributed by atoms with Crippen LogP contribution >= 0.6 is 0 Å². The molecule has 0 unspecified atom stereocenters. The van der Waals surface area contributed by atoms with Gasteiger partial charge in [-0.05, 0) is 36.6 Å². The van der Waals surface area contributed by atoms with Gasteiger partial charge in [0.1, 0.15) is 0 Å². The molecule has 16 heavy (non-hydrogen) atoms. The van der Waals surface area contributed by atoms with E-state index in [1.165, 1.54) is 12.1 Å². The predicted molar refractivity (Wildman–Crippen MR) is 60.2 cm³/mol. The fourth-order valence-electron chi connectivity index (χ4n) is 1.95. The maximum absolute atomic E-state index is 11.3. The minimum absolute atomic E-state index is 0.0184. The summed E-state index contributed by atoms with van der Waals surface area (Å²) in [6.07, 6.45) is 3.99. The van der Waals surface area contributed by atoms with Crippen LogP contribution in [0.4, 0.5) is 5.69 Å². The van der Waals surface area contributed by atoms with Gasteiger partial charge < -0.3 is 0 Å². The highest BCUT2D eigenvalue weighted by molar-refractivity contribution is 5.95. The lowest BCUT2D eigenvalue weighted by Crippen LogP contribution is -1.99. The molecular weight excluding hydrogens is 206 g/mol. The van der Waals surface area contributed by atoms with Gasteiger partial charge in [-0.25, -0.2) is 0 Å². The molecule has 4 heteroatoms. The predicted octanol–water partition coefficient (Wildman–Crippen LogP) is 2.43. The van der Waals surface area contributed by atoms with E-state index in [0.717, 1.165) is 11.1 Å². The molecule has 0 N–H and O–H groups in total. The number of carbonyl (C=O) groups excluding carboxylic acids is 1. The highest BCUT2D eigenvalue weighted by Crippen LogP contribution is 2.29. The number of carbonyl (C=O) groups is 1. The summed E-state index contributed by atoms with van der Waals surface area (Å²) in [4.78, 5) is 21.7. The van der Waals surface area contributed by atoms with Crippen molar-refractivity contribution in [2.75, 3.05) is 0 Å². The minimum Gasteiger partial charge on any atom is -0.295 e. The number of rotatable bonds is 1. The lowest BCUT2D eigenvalue weighted by molar-refractivity contribution is -0.385. The van der Waals surface area contributed by atoms with Crippen LogP contribution in [0, 0.1) is 17.0 Å². The van der Waals surface area contributed by atoms with Crippen LogP contribution in [-0.4, -0.2) is 10.7 Å². The summed E-state index contributed by atoms with van der Waals surface area (Å²) in [6.45, 7) is 1.91. The molecule has 0 atom stereocenters. The van der Waals surface area contributed by atoms with Crippen molar-refractivity contribution in [1.82, 2.24) is 0 Å². The van der Waals surface area contributed by atoms with Gasteiger partial charge >= 0.3 is 0 Å². The Hall–Kier alpha value is -1.97. The number of nitro benzene ring substituents is 1. The maximum atomic E-state index is 11.3. The molecule has 1 aromatic rings. The first-order valence-electron chi connectivity index (χ1n) is 5.07. The van der Waals surface area contributed by atoms with Gasteiger partial charge in [-0.15, -0.1) is 0 Å². The molecule has 0 saturated carbocycles. The number of fused-ring (bicyclic) bond motifs is 1. The lowest BCUT2D eigenvalue weighted by atomic mass is 9.97. The van der Waals surface area contributed by atoms with Gasteiger partial charge in [0.2, 0.25) is 0 Å². The van der Waals surface area contributed by atoms with E-state index in [1.54, 1.807) is 12.1 Å². The zero-order chi connectivity index (χ0) is 11.7. The minimum atomic E-state index is -0.404. The third-order valence-electron chi connectivity index (χ3n) is 2.82. The molecule has 0 aliphatic heterocycles. The van der Waals surface area contributed by atoms with Gasteiger partial charge in [0, 0.05) is 12.5 Å². The quantitative estimate of drug-likeness (QED) is 0.536. The second kappa shape index (κ2) is 3.89. The van der Waals surface area contributed by atoms with Crippen LogP contribution in [0.5, 0.6) is 0 Å². The van der Waals surface area contributed by atoms with Crippen LogP contribution < -0.4 is 0 Å². The van der Waals surface area contributed by atoms with Crippen molar-refractivity contribution in [3.63, 3.8) is 0 Å². The fraction of sp³-hybridized carbons (Fsp3) is 0.250. The van der Waals surface area contributed by atoms with Gasteiger partial charge in [0.15, 0.2) is 5.78 Å². The Morgan fingerprint density at radius 1 is 1.25 bits per heavy atom. The largest absolute Gasteiger partial charge is 0.295 e. The summed E-state index contributed by atoms with van der Waals surface area (Å²) in [5.74, 6) is 0.0184. The van der Waals surface area contributed by atoms with Crippen molar-refractivity contribution in [2.24, 2.45) is 0 Å². The molecule has 0 fully saturated rings. The first-order valence-corrected chi connectivity index (χ1v) is 5.07. The standard InChI is InChI=1S/C12H11NO3/c1-8-2-7-12(13(15)16)11-6-4-9(14)3-5-10(8)11/h2,4,6-7H,3,5H2,1H3. The molecular formula is C12H11NO3. The molecule has 0 bridgehead atoms. The Morgan fingerprint density at radius 2 is 2.00 bits per heavy atom. The lowest BCUT2D eigenvalue weighted by Gasteiger charge is -2.07. The average Bonchev–Trinajstić information content (AvgIpc) is 2.42. The van der Waals surface area contributed by atoms with Crippen LogP contribution in [0.3, 0.4) is 0 Å². The van der Waals surface area contributed by atoms with Gasteiger partial charge in [0.05, 0.1) is 10.5 Å². The van der Waals surface area contributed by atoms with Gasteiger partial charge in [-0.1, -0.05) is 6.07 Å². The molecule has 0 spiro atoms. The molecule has 1 aromatic carbocycles. The van der Waals surface area contributed by atoms with E-state index >= 15 is 0 Å². The van der Waals surface area contributed by atoms with Crippen molar-refractivity contribution < 1.29 is 9.72 Å². The van der Waals surface area contributed by atoms with E-state index in [0.29, 0.717) is 18.4 Å². The third kappa shape index (κ3) is 1.74. The van der Waals surface area contributed by atoms with Crippen molar-refractivity contribution >= 4 is 17.5 Å². The molecule has 0 radical (unpaired) electrons. The fourth-order valence-corrected chi connectivity index (χ4v) is 1.95. The first-order chi connectivity index (χ1) is 7.59. The van der Waals surface area contributed by atoms with Gasteiger partial charge in [0.25, 0.3) is 5.69 Å². The molecule has 0 heterocycles. The smallest absolute Gasteiger partial charge is 0.276 e. The summed E-state index contributed by atoms with van der Waals surface area (Å²) in [6, 6.07) is 3.23. The van der Waals surface area contributed by atoms with Gasteiger partial charge in [-0.2, -0.15) is 0 Å². The van der Waals surface area contributed by atoms with E-state index in [1.807, 2.05) is 6.92 Å². The molecule has 0 saturated heterocycles. The van der Waals surface area contributed by atoms with E-state index in [-0.39, 0.29) is 11.5 Å². The number of aryl methyl sites for hydroxylation is 1. The average molecular weight is 217 g/mol. The second-order valence-corrected chi connectivity index (χ2v) is 3.85. The SMILES string of the molecule is Cc1ccc([N+](=O)[O-])c2c1CCC(=O)C=C2. The zero-order valence-corrected chi connectivity index (χ0v) is 8.90. The molecule has 1 aliphatic rings. The number of hydrogen-bond donors (Lipinski definition) is 0. The van der Waals surface area contributed by atoms with Crippen molar-refractivity contribution in [3.05, 3.63) is 45.0 Å². The molecule has 0 amide bonds. The summed E-state index contributed by atoms with van der Waals surface area (Å²) >= 11 is 0. The van der Waals surface area contributed by atoms with Crippen LogP contribution in [0.1, 0.15) is 23.1 Å². The maximum Gasteiger partial charge on any atom is 0.276 e. The van der Waals surface area contributed by atoms with Crippen molar-refractivity contribution in [1.29, 1.82) is 0 Å². The van der Waals surface area contributed by atoms with Crippen LogP contribution in [0.25, 0.3) is 6.08 Å². The molecule has 4 nitrogen and oxygen atoms in total. The molecule has 1 aliphatic carbocycles. The first kappa shape index (κ1) is 10.5. The van der Waals surface area contributed by atoms with Gasteiger partial charge in [-0.3, -0.25) is 14.9 Å². The van der Waals surface area contributed by atoms with Crippen LogP contribution in [0.15, 0.2) is 18.2 Å². The summed E-state index contributed by atoms with van der Waals surface area (Å²) in [7, 11) is 0. The monoisotopic (exact) mass is 217 g/mol. The second-order valence-electron chi connectivity index (χ2n) is 3.85. The van der Waals surface area contributed by atoms with E-state index < -0.39 is 4.92 Å². The topological polar surface area (TPSA) is 60.2 Å². The Balaban J connectivity index is 2.65. The number of benzene rings is 1. The normalized spacial score (nSPS) is 14.4. The van der Waals surface area contributed by atoms with Crippen LogP contribution in [0.2, 0.25) is 0 Å². The van der Waals surface area contributed by atoms with Crippen molar-refractivity contribution in [3.8, 4) is 0 Å². The third-order valence-corrected chi connectivity index (χ3v) is 2.82. The zero-order valence-electron chi connectivity index (χ0n) is 8.90.